The summed E-state index contributed by atoms with van der Waals surface area (Å²) in [6, 6.07) is 7.65. The molecule has 3 N–H and O–H groups in total. The first-order chi connectivity index (χ1) is 11.3. The molecule has 0 fully saturated rings. The molecule has 9 nitrogen and oxygen atoms in total. The molecule has 0 saturated heterocycles. The van der Waals surface area contributed by atoms with E-state index < -0.39 is 10.0 Å². The Balaban J connectivity index is 1.73. The van der Waals surface area contributed by atoms with Crippen LogP contribution in [0.3, 0.4) is 0 Å². The third kappa shape index (κ3) is 3.54. The summed E-state index contributed by atoms with van der Waals surface area (Å²) in [7, 11) is -3.43. The topological polar surface area (TPSA) is 122 Å². The van der Waals surface area contributed by atoms with Crippen molar-refractivity contribution in [3.63, 3.8) is 0 Å². The summed E-state index contributed by atoms with van der Waals surface area (Å²) in [6.45, 7) is 1.79. The molecule has 0 atom stereocenters. The van der Waals surface area contributed by atoms with E-state index in [-0.39, 0.29) is 18.3 Å². The van der Waals surface area contributed by atoms with Crippen molar-refractivity contribution in [2.75, 3.05) is 16.3 Å². The fourth-order valence-corrected chi connectivity index (χ4v) is 2.85. The number of H-pyrrole nitrogens is 1. The minimum Gasteiger partial charge on any atom is -0.357 e. The second-order valence-corrected chi connectivity index (χ2v) is 7.14. The summed E-state index contributed by atoms with van der Waals surface area (Å²) in [6.07, 6.45) is 2.36. The zero-order chi connectivity index (χ0) is 17.3. The van der Waals surface area contributed by atoms with Gasteiger partial charge in [-0.05, 0) is 13.0 Å². The van der Waals surface area contributed by atoms with Crippen LogP contribution in [0.25, 0.3) is 10.9 Å². The summed E-state index contributed by atoms with van der Waals surface area (Å²) in [5.74, 6) is -0.229. The minimum absolute atomic E-state index is 0.0635. The van der Waals surface area contributed by atoms with E-state index in [0.29, 0.717) is 5.69 Å². The number of hydrogen-bond donors (Lipinski definition) is 3. The van der Waals surface area contributed by atoms with Crippen molar-refractivity contribution in [2.45, 2.75) is 13.5 Å². The number of amides is 1. The van der Waals surface area contributed by atoms with Gasteiger partial charge in [0.05, 0.1) is 18.1 Å². The highest BCUT2D eigenvalue weighted by Crippen LogP contribution is 2.26. The smallest absolute Gasteiger partial charge is 0.246 e. The number of para-hydroxylation sites is 1. The Labute approximate surface area is 138 Å². The van der Waals surface area contributed by atoms with Gasteiger partial charge in [-0.2, -0.15) is 0 Å². The number of hydrogen-bond acceptors (Lipinski definition) is 5. The molecule has 0 aliphatic rings. The Bertz CT molecular complexity index is 1000. The van der Waals surface area contributed by atoms with Crippen molar-refractivity contribution in [3.8, 4) is 0 Å². The van der Waals surface area contributed by atoms with Crippen LogP contribution in [0.5, 0.6) is 0 Å². The fraction of sp³-hybridized carbons (Fsp3) is 0.214. The Hall–Kier alpha value is -2.88. The Morgan fingerprint density at radius 1 is 1.33 bits per heavy atom. The third-order valence-corrected chi connectivity index (χ3v) is 3.87. The lowest BCUT2D eigenvalue weighted by Crippen LogP contribution is -2.19. The molecule has 0 unspecified atom stereocenters. The summed E-state index contributed by atoms with van der Waals surface area (Å²) in [5, 5.41) is 11.1. The lowest BCUT2D eigenvalue weighted by Gasteiger charge is -2.05. The summed E-state index contributed by atoms with van der Waals surface area (Å²) >= 11 is 0. The SMILES string of the molecule is Cc1[nH]c2ccccc2c1NC(=O)Cn1cc(NS(C)(=O)=O)nn1. The van der Waals surface area contributed by atoms with Crippen LogP contribution in [0.2, 0.25) is 0 Å². The van der Waals surface area contributed by atoms with Crippen molar-refractivity contribution in [3.05, 3.63) is 36.2 Å². The van der Waals surface area contributed by atoms with Gasteiger partial charge in [-0.1, -0.05) is 23.4 Å². The third-order valence-electron chi connectivity index (χ3n) is 3.29. The van der Waals surface area contributed by atoms with Gasteiger partial charge in [-0.15, -0.1) is 5.10 Å². The van der Waals surface area contributed by atoms with E-state index in [2.05, 4.69) is 25.3 Å². The molecule has 0 radical (unpaired) electrons. The van der Waals surface area contributed by atoms with Crippen LogP contribution in [-0.2, 0) is 21.4 Å². The number of nitrogens with one attached hydrogen (secondary N) is 3. The van der Waals surface area contributed by atoms with Gasteiger partial charge >= 0.3 is 0 Å². The molecule has 0 aliphatic heterocycles. The van der Waals surface area contributed by atoms with Gasteiger partial charge in [0.1, 0.15) is 6.54 Å². The molecule has 1 amide bonds. The van der Waals surface area contributed by atoms with Crippen molar-refractivity contribution >= 4 is 38.3 Å². The molecule has 0 bridgehead atoms. The zero-order valence-electron chi connectivity index (χ0n) is 13.1. The van der Waals surface area contributed by atoms with Crippen LogP contribution in [-0.4, -0.2) is 40.6 Å². The van der Waals surface area contributed by atoms with Gasteiger partial charge in [0.15, 0.2) is 5.82 Å². The second-order valence-electron chi connectivity index (χ2n) is 5.39. The number of benzene rings is 1. The molecule has 10 heteroatoms. The molecule has 2 heterocycles. The van der Waals surface area contributed by atoms with Crippen molar-refractivity contribution < 1.29 is 13.2 Å². The summed E-state index contributed by atoms with van der Waals surface area (Å²) in [5.41, 5.74) is 2.50. The number of anilines is 2. The molecule has 0 spiro atoms. The van der Waals surface area contributed by atoms with Gasteiger partial charge in [0.25, 0.3) is 0 Å². The number of aromatic amines is 1. The normalized spacial score (nSPS) is 11.6. The zero-order valence-corrected chi connectivity index (χ0v) is 13.9. The molecule has 3 rings (SSSR count). The maximum absolute atomic E-state index is 12.2. The quantitative estimate of drug-likeness (QED) is 0.637. The van der Waals surface area contributed by atoms with Crippen molar-refractivity contribution in [2.24, 2.45) is 0 Å². The Morgan fingerprint density at radius 2 is 2.08 bits per heavy atom. The van der Waals surface area contributed by atoms with E-state index in [4.69, 9.17) is 0 Å². The van der Waals surface area contributed by atoms with Crippen LogP contribution in [0.15, 0.2) is 30.5 Å². The maximum Gasteiger partial charge on any atom is 0.246 e. The Morgan fingerprint density at radius 3 is 2.83 bits per heavy atom. The van der Waals surface area contributed by atoms with Crippen LogP contribution in [0.1, 0.15) is 5.69 Å². The van der Waals surface area contributed by atoms with E-state index in [9.17, 15) is 13.2 Å². The molecule has 0 aliphatic carbocycles. The van der Waals surface area contributed by atoms with E-state index in [1.165, 1.54) is 10.9 Å². The first kappa shape index (κ1) is 16.0. The van der Waals surface area contributed by atoms with E-state index in [0.717, 1.165) is 22.9 Å². The van der Waals surface area contributed by atoms with E-state index >= 15 is 0 Å². The van der Waals surface area contributed by atoms with Gasteiger partial charge in [-0.3, -0.25) is 9.52 Å². The number of rotatable bonds is 5. The predicted octanol–water partition coefficient (Wildman–Crippen LogP) is 1.08. The summed E-state index contributed by atoms with van der Waals surface area (Å²) < 4.78 is 25.7. The van der Waals surface area contributed by atoms with Crippen molar-refractivity contribution in [1.82, 2.24) is 20.0 Å². The van der Waals surface area contributed by atoms with Gasteiger partial charge < -0.3 is 10.3 Å². The number of carbonyl (C=O) groups excluding carboxylic acids is 1. The summed E-state index contributed by atoms with van der Waals surface area (Å²) in [4.78, 5) is 15.4. The van der Waals surface area contributed by atoms with E-state index in [1.807, 2.05) is 31.2 Å². The molecule has 126 valence electrons. The molecule has 2 aromatic heterocycles. The lowest BCUT2D eigenvalue weighted by molar-refractivity contribution is -0.116. The predicted molar refractivity (Wildman–Crippen MR) is 90.2 cm³/mol. The average Bonchev–Trinajstić information content (AvgIpc) is 3.02. The minimum atomic E-state index is -3.43. The number of nitrogens with zero attached hydrogens (tertiary/aromatic N) is 3. The number of sulfonamides is 1. The fourth-order valence-electron chi connectivity index (χ4n) is 2.38. The van der Waals surface area contributed by atoms with Crippen LogP contribution in [0.4, 0.5) is 11.5 Å². The maximum atomic E-state index is 12.2. The molecule has 1 aromatic carbocycles. The highest BCUT2D eigenvalue weighted by molar-refractivity contribution is 7.92. The molecule has 0 saturated carbocycles. The van der Waals surface area contributed by atoms with Gasteiger partial charge in [-0.25, -0.2) is 13.1 Å². The van der Waals surface area contributed by atoms with Crippen LogP contribution in [0, 0.1) is 6.92 Å². The number of aromatic nitrogens is 4. The van der Waals surface area contributed by atoms with Crippen LogP contribution < -0.4 is 10.0 Å². The number of carbonyl (C=O) groups is 1. The monoisotopic (exact) mass is 348 g/mol. The highest BCUT2D eigenvalue weighted by Gasteiger charge is 2.13. The number of fused-ring (bicyclic) bond motifs is 1. The lowest BCUT2D eigenvalue weighted by atomic mass is 10.2. The van der Waals surface area contributed by atoms with Gasteiger partial charge in [0.2, 0.25) is 15.9 Å². The number of aryl methyl sites for hydroxylation is 1. The van der Waals surface area contributed by atoms with Crippen LogP contribution >= 0.6 is 0 Å². The van der Waals surface area contributed by atoms with Crippen molar-refractivity contribution in [1.29, 1.82) is 0 Å². The molecule has 3 aromatic rings. The van der Waals surface area contributed by atoms with E-state index in [1.54, 1.807) is 0 Å². The molecule has 24 heavy (non-hydrogen) atoms. The first-order valence-corrected chi connectivity index (χ1v) is 8.96. The molecular formula is C14H16N6O3S. The Kier molecular flexibility index (Phi) is 3.97. The highest BCUT2D eigenvalue weighted by atomic mass is 32.2. The largest absolute Gasteiger partial charge is 0.357 e. The van der Waals surface area contributed by atoms with Gasteiger partial charge in [0, 0.05) is 16.6 Å². The average molecular weight is 348 g/mol. The standard InChI is InChI=1S/C14H16N6O3S/c1-9-14(10-5-3-4-6-11(10)15-9)16-13(21)8-20-7-12(17-19-20)18-24(2,22)23/h3-7,15,18H,8H2,1-2H3,(H,16,21). The first-order valence-electron chi connectivity index (χ1n) is 7.07. The second kappa shape index (κ2) is 5.96. The molecular weight excluding hydrogens is 332 g/mol.